The van der Waals surface area contributed by atoms with Gasteiger partial charge in [0.15, 0.2) is 5.69 Å². The van der Waals surface area contributed by atoms with Gasteiger partial charge in [0, 0.05) is 45.1 Å². The number of benzene rings is 1. The highest BCUT2D eigenvalue weighted by Gasteiger charge is 2.30. The monoisotopic (exact) mass is 410 g/mol. The van der Waals surface area contributed by atoms with Crippen molar-refractivity contribution in [1.82, 2.24) is 30.1 Å². The van der Waals surface area contributed by atoms with Gasteiger partial charge in [-0.05, 0) is 31.5 Å². The maximum Gasteiger partial charge on any atom is 0.273 e. The van der Waals surface area contributed by atoms with Crippen LogP contribution in [0.15, 0.2) is 36.5 Å². The Morgan fingerprint density at radius 2 is 1.93 bits per heavy atom. The van der Waals surface area contributed by atoms with Gasteiger partial charge in [0.2, 0.25) is 5.91 Å². The molecule has 2 aromatic rings. The van der Waals surface area contributed by atoms with E-state index in [4.69, 9.17) is 0 Å². The highest BCUT2D eigenvalue weighted by atomic mass is 16.2. The molecule has 0 bridgehead atoms. The molecule has 2 amide bonds. The number of aromatic nitrogens is 3. The third-order valence-corrected chi connectivity index (χ3v) is 5.89. The molecule has 1 N–H and O–H groups in total. The number of hydrogen-bond acceptors (Lipinski definition) is 5. The molecule has 0 aliphatic carbocycles. The predicted octanol–water partition coefficient (Wildman–Crippen LogP) is 1.54. The number of amides is 2. The van der Waals surface area contributed by atoms with Crippen LogP contribution in [0.3, 0.4) is 0 Å². The Morgan fingerprint density at radius 1 is 1.13 bits per heavy atom. The molecule has 8 heteroatoms. The number of carbonyl (C=O) groups excluding carboxylic acids is 2. The summed E-state index contributed by atoms with van der Waals surface area (Å²) in [4.78, 5) is 29.0. The molecule has 2 aliphatic rings. The summed E-state index contributed by atoms with van der Waals surface area (Å²) < 4.78 is 1.68. The van der Waals surface area contributed by atoms with Crippen molar-refractivity contribution in [2.45, 2.75) is 38.8 Å². The SMILES string of the molecule is O=C(NCCN1CCCCC1)c1cn(CC2CC(=O)N(Cc3ccccc3)C2)nn1. The largest absolute Gasteiger partial charge is 0.349 e. The molecule has 2 fully saturated rings. The highest BCUT2D eigenvalue weighted by molar-refractivity contribution is 5.91. The van der Waals surface area contributed by atoms with E-state index in [1.165, 1.54) is 19.3 Å². The molecule has 1 atom stereocenters. The lowest BCUT2D eigenvalue weighted by Crippen LogP contribution is -2.37. The summed E-state index contributed by atoms with van der Waals surface area (Å²) >= 11 is 0. The van der Waals surface area contributed by atoms with E-state index in [1.54, 1.807) is 10.9 Å². The zero-order chi connectivity index (χ0) is 20.8. The van der Waals surface area contributed by atoms with E-state index in [0.717, 1.165) is 25.2 Å². The molecule has 4 rings (SSSR count). The molecule has 1 aromatic heterocycles. The van der Waals surface area contributed by atoms with Crippen LogP contribution in [0.25, 0.3) is 0 Å². The number of rotatable bonds is 8. The van der Waals surface area contributed by atoms with Gasteiger partial charge in [0.1, 0.15) is 0 Å². The van der Waals surface area contributed by atoms with E-state index in [0.29, 0.717) is 38.3 Å². The second kappa shape index (κ2) is 9.84. The van der Waals surface area contributed by atoms with E-state index < -0.39 is 0 Å². The van der Waals surface area contributed by atoms with Crippen molar-refractivity contribution in [2.75, 3.05) is 32.7 Å². The van der Waals surface area contributed by atoms with Crippen molar-refractivity contribution in [3.8, 4) is 0 Å². The van der Waals surface area contributed by atoms with Crippen molar-refractivity contribution < 1.29 is 9.59 Å². The summed E-state index contributed by atoms with van der Waals surface area (Å²) in [6.45, 7) is 5.66. The van der Waals surface area contributed by atoms with E-state index in [-0.39, 0.29) is 17.7 Å². The van der Waals surface area contributed by atoms with E-state index in [9.17, 15) is 9.59 Å². The van der Waals surface area contributed by atoms with Gasteiger partial charge in [-0.15, -0.1) is 5.10 Å². The van der Waals surface area contributed by atoms with Crippen molar-refractivity contribution in [1.29, 1.82) is 0 Å². The molecule has 0 radical (unpaired) electrons. The van der Waals surface area contributed by atoms with Crippen LogP contribution in [-0.2, 0) is 17.9 Å². The molecule has 3 heterocycles. The van der Waals surface area contributed by atoms with Crippen LogP contribution in [0.2, 0.25) is 0 Å². The summed E-state index contributed by atoms with van der Waals surface area (Å²) in [7, 11) is 0. The lowest BCUT2D eigenvalue weighted by atomic mass is 10.1. The van der Waals surface area contributed by atoms with E-state index in [2.05, 4.69) is 20.5 Å². The van der Waals surface area contributed by atoms with Crippen molar-refractivity contribution in [3.63, 3.8) is 0 Å². The highest BCUT2D eigenvalue weighted by Crippen LogP contribution is 2.21. The maximum atomic E-state index is 12.4. The van der Waals surface area contributed by atoms with Gasteiger partial charge < -0.3 is 15.1 Å². The average Bonchev–Trinajstić information content (AvgIpc) is 3.36. The Hall–Kier alpha value is -2.74. The quantitative estimate of drug-likeness (QED) is 0.714. The molecule has 0 spiro atoms. The van der Waals surface area contributed by atoms with Gasteiger partial charge in [-0.2, -0.15) is 0 Å². The zero-order valence-corrected chi connectivity index (χ0v) is 17.4. The third-order valence-electron chi connectivity index (χ3n) is 5.89. The summed E-state index contributed by atoms with van der Waals surface area (Å²) in [6, 6.07) is 10.0. The van der Waals surface area contributed by atoms with Crippen LogP contribution in [0.5, 0.6) is 0 Å². The fourth-order valence-electron chi connectivity index (χ4n) is 4.29. The van der Waals surface area contributed by atoms with Crippen molar-refractivity contribution in [3.05, 3.63) is 47.8 Å². The number of nitrogens with one attached hydrogen (secondary N) is 1. The molecular formula is C22H30N6O2. The molecule has 30 heavy (non-hydrogen) atoms. The third kappa shape index (κ3) is 5.44. The maximum absolute atomic E-state index is 12.4. The standard InChI is InChI=1S/C22H30N6O2/c29-21-13-19(15-27(21)14-18-7-3-1-4-8-18)16-28-17-20(24-25-28)22(30)23-9-12-26-10-5-2-6-11-26/h1,3-4,7-8,17,19H,2,5-6,9-16H2,(H,23,30). The molecule has 2 aliphatic heterocycles. The Balaban J connectivity index is 1.23. The first-order valence-corrected chi connectivity index (χ1v) is 10.9. The van der Waals surface area contributed by atoms with Crippen LogP contribution >= 0.6 is 0 Å². The first-order chi connectivity index (χ1) is 14.7. The zero-order valence-electron chi connectivity index (χ0n) is 17.4. The first-order valence-electron chi connectivity index (χ1n) is 10.9. The number of carbonyl (C=O) groups is 2. The van der Waals surface area contributed by atoms with Crippen LogP contribution in [0.4, 0.5) is 0 Å². The number of hydrogen-bond donors (Lipinski definition) is 1. The Labute approximate surface area is 177 Å². The van der Waals surface area contributed by atoms with E-state index in [1.807, 2.05) is 35.2 Å². The second-order valence-electron chi connectivity index (χ2n) is 8.31. The normalized spacial score (nSPS) is 19.9. The summed E-state index contributed by atoms with van der Waals surface area (Å²) in [6.07, 6.45) is 5.98. The van der Waals surface area contributed by atoms with Crippen LogP contribution < -0.4 is 5.32 Å². The van der Waals surface area contributed by atoms with Gasteiger partial charge in [0.25, 0.3) is 5.91 Å². The lowest BCUT2D eigenvalue weighted by molar-refractivity contribution is -0.128. The van der Waals surface area contributed by atoms with Gasteiger partial charge >= 0.3 is 0 Å². The van der Waals surface area contributed by atoms with Gasteiger partial charge in [-0.25, -0.2) is 0 Å². The second-order valence-corrected chi connectivity index (χ2v) is 8.31. The molecule has 1 aromatic carbocycles. The lowest BCUT2D eigenvalue weighted by Gasteiger charge is -2.26. The molecule has 8 nitrogen and oxygen atoms in total. The fraction of sp³-hybridized carbons (Fsp3) is 0.545. The minimum Gasteiger partial charge on any atom is -0.349 e. The number of piperidine rings is 1. The minimum absolute atomic E-state index is 0.166. The van der Waals surface area contributed by atoms with Crippen LogP contribution in [0.1, 0.15) is 41.7 Å². The van der Waals surface area contributed by atoms with Gasteiger partial charge in [-0.3, -0.25) is 14.3 Å². The molecule has 1 unspecified atom stereocenters. The number of likely N-dealkylation sites (tertiary alicyclic amines) is 2. The van der Waals surface area contributed by atoms with Gasteiger partial charge in [0.05, 0.1) is 6.20 Å². The average molecular weight is 411 g/mol. The molecular weight excluding hydrogens is 380 g/mol. The fourth-order valence-corrected chi connectivity index (χ4v) is 4.29. The molecule has 0 saturated carbocycles. The predicted molar refractivity (Wildman–Crippen MR) is 113 cm³/mol. The van der Waals surface area contributed by atoms with Crippen molar-refractivity contribution in [2.24, 2.45) is 5.92 Å². The van der Waals surface area contributed by atoms with Crippen LogP contribution in [0, 0.1) is 5.92 Å². The van der Waals surface area contributed by atoms with Gasteiger partial charge in [-0.1, -0.05) is 42.0 Å². The van der Waals surface area contributed by atoms with Crippen LogP contribution in [-0.4, -0.2) is 69.3 Å². The smallest absolute Gasteiger partial charge is 0.273 e. The Morgan fingerprint density at radius 3 is 2.73 bits per heavy atom. The Kier molecular flexibility index (Phi) is 6.74. The van der Waals surface area contributed by atoms with E-state index >= 15 is 0 Å². The first kappa shape index (κ1) is 20.5. The topological polar surface area (TPSA) is 83.4 Å². The van der Waals surface area contributed by atoms with Crippen molar-refractivity contribution >= 4 is 11.8 Å². The molecule has 160 valence electrons. The molecule has 2 saturated heterocycles. The summed E-state index contributed by atoms with van der Waals surface area (Å²) in [5, 5.41) is 11.1. The minimum atomic E-state index is -0.188. The Bertz CT molecular complexity index is 846. The summed E-state index contributed by atoms with van der Waals surface area (Å²) in [5.74, 6) is 0.157. The number of nitrogens with zero attached hydrogens (tertiary/aromatic N) is 5. The summed E-state index contributed by atoms with van der Waals surface area (Å²) in [5.41, 5.74) is 1.47.